The molecule has 0 aliphatic carbocycles. The average molecular weight is 539 g/mol. The minimum atomic E-state index is -1.01. The van der Waals surface area contributed by atoms with Crippen LogP contribution in [0.1, 0.15) is 18.5 Å². The lowest BCUT2D eigenvalue weighted by molar-refractivity contribution is -0.126. The van der Waals surface area contributed by atoms with Gasteiger partial charge in [-0.3, -0.25) is 14.4 Å². The van der Waals surface area contributed by atoms with Gasteiger partial charge in [0, 0.05) is 6.07 Å². The highest BCUT2D eigenvalue weighted by atomic mass is 79.9. The molecule has 180 valence electrons. The molecule has 0 radical (unpaired) electrons. The molecule has 0 saturated carbocycles. The van der Waals surface area contributed by atoms with Crippen LogP contribution < -0.4 is 19.4 Å². The zero-order valence-electron chi connectivity index (χ0n) is 19.1. The number of aromatic hydroxyl groups is 1. The number of amides is 2. The standard InChI is InChI=1S/C26H23BrN2O6/c1-3-34-18-11-7-10-17(14-18)28-25(31)21-22(15-12-19(27)23(30)20(13-15)33-2)29(35-24(21)26(28)32)16-8-5-4-6-9-16/h4-14,21-22,24,30H,3H2,1-2H3/t21-,22-,24-/m0/s1. The Kier molecular flexibility index (Phi) is 6.12. The van der Waals surface area contributed by atoms with Crippen LogP contribution in [0.5, 0.6) is 17.2 Å². The summed E-state index contributed by atoms with van der Waals surface area (Å²) in [7, 11) is 1.45. The molecule has 1 N–H and O–H groups in total. The van der Waals surface area contributed by atoms with Gasteiger partial charge >= 0.3 is 0 Å². The largest absolute Gasteiger partial charge is 0.503 e. The van der Waals surface area contributed by atoms with Crippen LogP contribution in [0, 0.1) is 5.92 Å². The number of phenolic OH excluding ortho intramolecular Hbond substituents is 1. The first-order valence-corrected chi connectivity index (χ1v) is 11.9. The van der Waals surface area contributed by atoms with Crippen molar-refractivity contribution in [3.05, 3.63) is 76.8 Å². The summed E-state index contributed by atoms with van der Waals surface area (Å²) in [6.07, 6.45) is -1.01. The van der Waals surface area contributed by atoms with Crippen LogP contribution in [-0.2, 0) is 14.4 Å². The third-order valence-corrected chi connectivity index (χ3v) is 6.73. The van der Waals surface area contributed by atoms with Crippen molar-refractivity contribution in [3.8, 4) is 17.2 Å². The summed E-state index contributed by atoms with van der Waals surface area (Å²) in [6, 6.07) is 18.9. The van der Waals surface area contributed by atoms with Gasteiger partial charge in [-0.25, -0.2) is 9.96 Å². The van der Waals surface area contributed by atoms with Crippen LogP contribution in [0.2, 0.25) is 0 Å². The second-order valence-electron chi connectivity index (χ2n) is 8.15. The Morgan fingerprint density at radius 2 is 1.74 bits per heavy atom. The number of fused-ring (bicyclic) bond motifs is 1. The predicted molar refractivity (Wildman–Crippen MR) is 132 cm³/mol. The lowest BCUT2D eigenvalue weighted by Gasteiger charge is -2.29. The number of hydrogen-bond donors (Lipinski definition) is 1. The van der Waals surface area contributed by atoms with Gasteiger partial charge in [-0.2, -0.15) is 0 Å². The van der Waals surface area contributed by atoms with E-state index < -0.39 is 24.0 Å². The van der Waals surface area contributed by atoms with Gasteiger partial charge in [0.05, 0.1) is 35.6 Å². The highest BCUT2D eigenvalue weighted by Gasteiger charge is 2.60. The van der Waals surface area contributed by atoms with Crippen molar-refractivity contribution in [2.75, 3.05) is 23.7 Å². The van der Waals surface area contributed by atoms with Gasteiger partial charge < -0.3 is 14.6 Å². The number of hydroxylamine groups is 1. The lowest BCUT2D eigenvalue weighted by Crippen LogP contribution is -2.37. The van der Waals surface area contributed by atoms with Crippen LogP contribution in [0.4, 0.5) is 11.4 Å². The van der Waals surface area contributed by atoms with Gasteiger partial charge in [-0.1, -0.05) is 24.3 Å². The van der Waals surface area contributed by atoms with Crippen molar-refractivity contribution in [2.24, 2.45) is 5.92 Å². The number of carbonyl (C=O) groups is 2. The summed E-state index contributed by atoms with van der Waals surface area (Å²) in [5.74, 6) is -0.884. The molecule has 9 heteroatoms. The van der Waals surface area contributed by atoms with E-state index in [-0.39, 0.29) is 17.4 Å². The number of nitrogens with zero attached hydrogens (tertiary/aromatic N) is 2. The molecule has 2 heterocycles. The van der Waals surface area contributed by atoms with E-state index in [0.29, 0.717) is 33.8 Å². The molecule has 35 heavy (non-hydrogen) atoms. The van der Waals surface area contributed by atoms with Crippen LogP contribution in [-0.4, -0.2) is 36.7 Å². The molecule has 0 aromatic heterocycles. The van der Waals surface area contributed by atoms with Crippen molar-refractivity contribution in [1.82, 2.24) is 0 Å². The Bertz CT molecular complexity index is 1280. The second-order valence-corrected chi connectivity index (χ2v) is 9.01. The number of para-hydroxylation sites is 1. The van der Waals surface area contributed by atoms with Gasteiger partial charge in [0.15, 0.2) is 17.6 Å². The van der Waals surface area contributed by atoms with Crippen molar-refractivity contribution >= 4 is 39.1 Å². The molecule has 5 rings (SSSR count). The quantitative estimate of drug-likeness (QED) is 0.458. The molecule has 3 aromatic rings. The van der Waals surface area contributed by atoms with E-state index in [0.717, 1.165) is 0 Å². The Morgan fingerprint density at radius 3 is 2.46 bits per heavy atom. The summed E-state index contributed by atoms with van der Waals surface area (Å²) in [4.78, 5) is 34.6. The molecule has 8 nitrogen and oxygen atoms in total. The Morgan fingerprint density at radius 1 is 1.00 bits per heavy atom. The van der Waals surface area contributed by atoms with Gasteiger partial charge in [0.2, 0.25) is 5.91 Å². The minimum absolute atomic E-state index is 0.0545. The molecule has 2 aliphatic heterocycles. The second kappa shape index (κ2) is 9.24. The topological polar surface area (TPSA) is 88.5 Å². The molecule has 2 fully saturated rings. The van der Waals surface area contributed by atoms with E-state index in [1.165, 1.54) is 12.0 Å². The maximum atomic E-state index is 13.8. The van der Waals surface area contributed by atoms with E-state index >= 15 is 0 Å². The number of benzene rings is 3. The predicted octanol–water partition coefficient (Wildman–Crippen LogP) is 4.61. The smallest absolute Gasteiger partial charge is 0.266 e. The molecule has 3 aromatic carbocycles. The third-order valence-electron chi connectivity index (χ3n) is 6.13. The third kappa shape index (κ3) is 3.90. The number of carbonyl (C=O) groups excluding carboxylic acids is 2. The fourth-order valence-corrected chi connectivity index (χ4v) is 5.07. The monoisotopic (exact) mass is 538 g/mol. The zero-order chi connectivity index (χ0) is 24.7. The molecule has 2 aliphatic rings. The Balaban J connectivity index is 1.60. The van der Waals surface area contributed by atoms with E-state index in [9.17, 15) is 14.7 Å². The molecular weight excluding hydrogens is 516 g/mol. The first-order chi connectivity index (χ1) is 16.9. The summed E-state index contributed by atoms with van der Waals surface area (Å²) in [5, 5.41) is 11.9. The lowest BCUT2D eigenvalue weighted by atomic mass is 9.90. The number of halogens is 1. The molecule has 3 atom stereocenters. The van der Waals surface area contributed by atoms with Gasteiger partial charge in [0.25, 0.3) is 5.91 Å². The molecular formula is C26H23BrN2O6. The summed E-state index contributed by atoms with van der Waals surface area (Å²) >= 11 is 3.37. The molecule has 0 unspecified atom stereocenters. The number of rotatable bonds is 6. The van der Waals surface area contributed by atoms with Crippen LogP contribution in [0.15, 0.2) is 71.2 Å². The van der Waals surface area contributed by atoms with Crippen LogP contribution in [0.25, 0.3) is 0 Å². The maximum Gasteiger partial charge on any atom is 0.266 e. The first-order valence-electron chi connectivity index (χ1n) is 11.1. The Hall–Kier alpha value is -3.56. The van der Waals surface area contributed by atoms with E-state index in [2.05, 4.69) is 15.9 Å². The van der Waals surface area contributed by atoms with E-state index in [4.69, 9.17) is 14.3 Å². The van der Waals surface area contributed by atoms with Crippen molar-refractivity contribution in [2.45, 2.75) is 19.1 Å². The number of methoxy groups -OCH3 is 1. The number of phenols is 1. The highest BCUT2D eigenvalue weighted by Crippen LogP contribution is 2.49. The molecule has 2 saturated heterocycles. The molecule has 2 amide bonds. The SMILES string of the molecule is CCOc1cccc(N2C(=O)[C@@H]3[C@H](ON(c4ccccc4)[C@H]3c3cc(Br)c(O)c(OC)c3)C2=O)c1. The summed E-state index contributed by atoms with van der Waals surface area (Å²) in [6.45, 7) is 2.33. The highest BCUT2D eigenvalue weighted by molar-refractivity contribution is 9.10. The van der Waals surface area contributed by atoms with Gasteiger partial charge in [-0.15, -0.1) is 0 Å². The van der Waals surface area contributed by atoms with Crippen molar-refractivity contribution in [1.29, 1.82) is 0 Å². The van der Waals surface area contributed by atoms with Crippen molar-refractivity contribution in [3.63, 3.8) is 0 Å². The maximum absolute atomic E-state index is 13.8. The first kappa shape index (κ1) is 23.2. The number of ether oxygens (including phenoxy) is 2. The van der Waals surface area contributed by atoms with Crippen molar-refractivity contribution < 1.29 is 29.0 Å². The molecule has 0 spiro atoms. The van der Waals surface area contributed by atoms with Gasteiger partial charge in [-0.05, 0) is 64.8 Å². The zero-order valence-corrected chi connectivity index (χ0v) is 20.6. The normalized spacial score (nSPS) is 21.4. The minimum Gasteiger partial charge on any atom is -0.503 e. The number of hydrogen-bond acceptors (Lipinski definition) is 7. The summed E-state index contributed by atoms with van der Waals surface area (Å²) in [5.41, 5.74) is 1.77. The van der Waals surface area contributed by atoms with Crippen LogP contribution >= 0.6 is 15.9 Å². The number of imide groups is 1. The average Bonchev–Trinajstić information content (AvgIpc) is 3.37. The van der Waals surface area contributed by atoms with Gasteiger partial charge in [0.1, 0.15) is 11.7 Å². The summed E-state index contributed by atoms with van der Waals surface area (Å²) < 4.78 is 11.3. The number of anilines is 2. The van der Waals surface area contributed by atoms with Crippen LogP contribution in [0.3, 0.4) is 0 Å². The van der Waals surface area contributed by atoms with E-state index in [1.54, 1.807) is 41.5 Å². The fourth-order valence-electron chi connectivity index (χ4n) is 4.61. The fraction of sp³-hybridized carbons (Fsp3) is 0.231. The molecule has 0 bridgehead atoms. The Labute approximate surface area is 210 Å². The van der Waals surface area contributed by atoms with E-state index in [1.807, 2.05) is 37.3 Å².